The molecule has 3 aliphatic rings. The number of hydrogen-bond acceptors (Lipinski definition) is 5. The number of amides is 1. The van der Waals surface area contributed by atoms with Crippen LogP contribution in [-0.2, 0) is 16.6 Å². The van der Waals surface area contributed by atoms with E-state index in [1.807, 2.05) is 24.3 Å². The van der Waals surface area contributed by atoms with Crippen molar-refractivity contribution in [1.29, 1.82) is 0 Å². The SMILES string of the molecule is COc1cc(CC2SC(N3CCCC3)=NC2=O)cc(-c2ccc(O)c(C3(C)CCCCC3)c2)c1. The quantitative estimate of drug-likeness (QED) is 0.577. The number of phenolic OH excluding ortho intramolecular Hbond substituents is 1. The zero-order chi connectivity index (χ0) is 23.7. The van der Waals surface area contributed by atoms with Crippen molar-refractivity contribution in [2.24, 2.45) is 4.99 Å². The number of aliphatic imine (C=N–C) groups is 1. The van der Waals surface area contributed by atoms with Crippen molar-refractivity contribution in [1.82, 2.24) is 4.90 Å². The van der Waals surface area contributed by atoms with E-state index < -0.39 is 0 Å². The standard InChI is InChI=1S/C28H34N2O3S/c1-28(10-4-3-5-11-28)23-18-20(8-9-24(23)31)21-14-19(15-22(17-21)33-2)16-25-26(32)29-27(34-25)30-12-6-7-13-30/h8-9,14-15,17-18,25,31H,3-7,10-13,16H2,1-2H3. The Morgan fingerprint density at radius 3 is 2.56 bits per heavy atom. The first-order valence-electron chi connectivity index (χ1n) is 12.5. The number of methoxy groups -OCH3 is 1. The summed E-state index contributed by atoms with van der Waals surface area (Å²) in [5.41, 5.74) is 4.23. The average Bonchev–Trinajstić information content (AvgIpc) is 3.50. The van der Waals surface area contributed by atoms with Crippen molar-refractivity contribution in [2.45, 2.75) is 69.0 Å². The normalized spacial score (nSPS) is 22.2. The molecule has 2 aromatic rings. The molecule has 6 heteroatoms. The van der Waals surface area contributed by atoms with Crippen LogP contribution in [0.3, 0.4) is 0 Å². The molecule has 2 aliphatic heterocycles. The molecule has 2 aromatic carbocycles. The lowest BCUT2D eigenvalue weighted by Crippen LogP contribution is -2.25. The first kappa shape index (κ1) is 23.3. The third-order valence-corrected chi connectivity index (χ3v) is 8.88. The smallest absolute Gasteiger partial charge is 0.262 e. The van der Waals surface area contributed by atoms with Crippen LogP contribution in [0.2, 0.25) is 0 Å². The van der Waals surface area contributed by atoms with Gasteiger partial charge in [-0.05, 0) is 78.5 Å². The van der Waals surface area contributed by atoms with Gasteiger partial charge >= 0.3 is 0 Å². The molecule has 34 heavy (non-hydrogen) atoms. The van der Waals surface area contributed by atoms with Gasteiger partial charge in [0, 0.05) is 18.7 Å². The van der Waals surface area contributed by atoms with Crippen LogP contribution >= 0.6 is 11.8 Å². The number of carbonyl (C=O) groups excluding carboxylic acids is 1. The highest BCUT2D eigenvalue weighted by atomic mass is 32.2. The van der Waals surface area contributed by atoms with E-state index in [0.717, 1.165) is 59.1 Å². The van der Waals surface area contributed by atoms with Crippen LogP contribution in [0.15, 0.2) is 41.4 Å². The number of rotatable bonds is 5. The number of benzene rings is 2. The van der Waals surface area contributed by atoms with E-state index in [0.29, 0.717) is 12.2 Å². The predicted molar refractivity (Wildman–Crippen MR) is 139 cm³/mol. The van der Waals surface area contributed by atoms with E-state index in [1.165, 1.54) is 32.1 Å². The average molecular weight is 479 g/mol. The Morgan fingerprint density at radius 1 is 1.06 bits per heavy atom. The fourth-order valence-corrected chi connectivity index (χ4v) is 6.79. The summed E-state index contributed by atoms with van der Waals surface area (Å²) in [6, 6.07) is 12.2. The largest absolute Gasteiger partial charge is 0.508 e. The minimum absolute atomic E-state index is 0.0102. The first-order chi connectivity index (χ1) is 16.4. The second-order valence-corrected chi connectivity index (χ2v) is 11.3. The molecule has 1 atom stereocenters. The van der Waals surface area contributed by atoms with Crippen LogP contribution in [0, 0.1) is 0 Å². The number of thioether (sulfide) groups is 1. The van der Waals surface area contributed by atoms with Crippen LogP contribution < -0.4 is 4.74 Å². The van der Waals surface area contributed by atoms with E-state index >= 15 is 0 Å². The number of nitrogens with zero attached hydrogens (tertiary/aromatic N) is 2. The zero-order valence-electron chi connectivity index (χ0n) is 20.2. The fraction of sp³-hybridized carbons (Fsp3) is 0.500. The number of aromatic hydroxyl groups is 1. The van der Waals surface area contributed by atoms with E-state index in [-0.39, 0.29) is 16.6 Å². The summed E-state index contributed by atoms with van der Waals surface area (Å²) in [5, 5.41) is 11.4. The van der Waals surface area contributed by atoms with Gasteiger partial charge in [-0.3, -0.25) is 4.79 Å². The van der Waals surface area contributed by atoms with Gasteiger partial charge in [-0.25, -0.2) is 0 Å². The monoisotopic (exact) mass is 478 g/mol. The maximum atomic E-state index is 12.7. The van der Waals surface area contributed by atoms with Crippen LogP contribution in [0.4, 0.5) is 0 Å². The summed E-state index contributed by atoms with van der Waals surface area (Å²) >= 11 is 1.60. The third kappa shape index (κ3) is 4.70. The van der Waals surface area contributed by atoms with Gasteiger partial charge in [0.1, 0.15) is 11.5 Å². The number of likely N-dealkylation sites (tertiary alicyclic amines) is 1. The van der Waals surface area contributed by atoms with E-state index in [4.69, 9.17) is 4.74 Å². The Kier molecular flexibility index (Phi) is 6.61. The highest BCUT2D eigenvalue weighted by Crippen LogP contribution is 2.44. The summed E-state index contributed by atoms with van der Waals surface area (Å²) in [4.78, 5) is 19.3. The van der Waals surface area contributed by atoms with Gasteiger partial charge in [0.25, 0.3) is 5.91 Å². The summed E-state index contributed by atoms with van der Waals surface area (Å²) in [5.74, 6) is 1.13. The highest BCUT2D eigenvalue weighted by molar-refractivity contribution is 8.15. The minimum atomic E-state index is -0.188. The molecule has 0 bridgehead atoms. The van der Waals surface area contributed by atoms with Crippen LogP contribution in [0.1, 0.15) is 63.0 Å². The molecule has 2 fully saturated rings. The summed E-state index contributed by atoms with van der Waals surface area (Å²) in [7, 11) is 1.68. The predicted octanol–water partition coefficient (Wildman–Crippen LogP) is 5.93. The van der Waals surface area contributed by atoms with Crippen molar-refractivity contribution in [3.63, 3.8) is 0 Å². The molecule has 1 aliphatic carbocycles. The molecule has 0 radical (unpaired) electrons. The Bertz CT molecular complexity index is 1100. The van der Waals surface area contributed by atoms with Gasteiger partial charge in [0.05, 0.1) is 12.4 Å². The molecule has 1 saturated heterocycles. The van der Waals surface area contributed by atoms with Gasteiger partial charge in [-0.2, -0.15) is 4.99 Å². The van der Waals surface area contributed by atoms with Crippen LogP contribution in [-0.4, -0.2) is 46.5 Å². The fourth-order valence-electron chi connectivity index (χ4n) is 5.63. The summed E-state index contributed by atoms with van der Waals surface area (Å²) in [6.07, 6.45) is 8.86. The van der Waals surface area contributed by atoms with Gasteiger partial charge in [-0.1, -0.05) is 50.1 Å². The topological polar surface area (TPSA) is 62.1 Å². The first-order valence-corrected chi connectivity index (χ1v) is 13.4. The second kappa shape index (κ2) is 9.65. The van der Waals surface area contributed by atoms with Crippen LogP contribution in [0.5, 0.6) is 11.5 Å². The van der Waals surface area contributed by atoms with Crippen molar-refractivity contribution in [2.75, 3.05) is 20.2 Å². The molecule has 180 valence electrons. The molecule has 1 amide bonds. The van der Waals surface area contributed by atoms with Crippen molar-refractivity contribution >= 4 is 22.8 Å². The number of hydrogen-bond donors (Lipinski definition) is 1. The maximum absolute atomic E-state index is 12.7. The van der Waals surface area contributed by atoms with E-state index in [9.17, 15) is 9.90 Å². The maximum Gasteiger partial charge on any atom is 0.262 e. The minimum Gasteiger partial charge on any atom is -0.508 e. The lowest BCUT2D eigenvalue weighted by molar-refractivity contribution is -0.117. The van der Waals surface area contributed by atoms with Gasteiger partial charge in [-0.15, -0.1) is 0 Å². The molecule has 1 saturated carbocycles. The molecule has 2 heterocycles. The second-order valence-electron chi connectivity index (χ2n) is 10.2. The molecule has 0 aromatic heterocycles. The van der Waals surface area contributed by atoms with E-state index in [1.54, 1.807) is 18.9 Å². The number of ether oxygens (including phenoxy) is 1. The summed E-state index contributed by atoms with van der Waals surface area (Å²) < 4.78 is 5.62. The van der Waals surface area contributed by atoms with Crippen molar-refractivity contribution in [3.8, 4) is 22.6 Å². The molecular weight excluding hydrogens is 444 g/mol. The van der Waals surface area contributed by atoms with E-state index in [2.05, 4.69) is 28.9 Å². The van der Waals surface area contributed by atoms with Crippen molar-refractivity contribution < 1.29 is 14.6 Å². The Morgan fingerprint density at radius 2 is 1.82 bits per heavy atom. The third-order valence-electron chi connectivity index (χ3n) is 7.67. The lowest BCUT2D eigenvalue weighted by atomic mass is 9.70. The Hall–Kier alpha value is -2.47. The lowest BCUT2D eigenvalue weighted by Gasteiger charge is -2.35. The molecule has 1 unspecified atom stereocenters. The molecular formula is C28H34N2O3S. The number of phenols is 1. The highest BCUT2D eigenvalue weighted by Gasteiger charge is 2.33. The van der Waals surface area contributed by atoms with Crippen molar-refractivity contribution in [3.05, 3.63) is 47.5 Å². The summed E-state index contributed by atoms with van der Waals surface area (Å²) in [6.45, 7) is 4.28. The molecule has 1 N–H and O–H groups in total. The Balaban J connectivity index is 1.41. The molecule has 5 rings (SSSR count). The van der Waals surface area contributed by atoms with Gasteiger partial charge in [0.15, 0.2) is 5.17 Å². The Labute approximate surface area is 206 Å². The number of carbonyl (C=O) groups is 1. The number of amidine groups is 1. The zero-order valence-corrected chi connectivity index (χ0v) is 21.0. The van der Waals surface area contributed by atoms with Gasteiger partial charge in [0.2, 0.25) is 0 Å². The molecule has 5 nitrogen and oxygen atoms in total. The van der Waals surface area contributed by atoms with Crippen LogP contribution in [0.25, 0.3) is 11.1 Å². The van der Waals surface area contributed by atoms with Gasteiger partial charge < -0.3 is 14.7 Å². The molecule has 0 spiro atoms.